The highest BCUT2D eigenvalue weighted by Crippen LogP contribution is 2.18. The van der Waals surface area contributed by atoms with Crippen LogP contribution in [0, 0.1) is 5.92 Å². The van der Waals surface area contributed by atoms with E-state index >= 15 is 0 Å². The van der Waals surface area contributed by atoms with Gasteiger partial charge in [-0.1, -0.05) is 6.92 Å². The quantitative estimate of drug-likeness (QED) is 0.768. The first-order valence-electron chi connectivity index (χ1n) is 6.93. The summed E-state index contributed by atoms with van der Waals surface area (Å²) < 4.78 is 5.64. The Kier molecular flexibility index (Phi) is 5.07. The molecule has 0 aromatic rings. The molecule has 0 amide bonds. The van der Waals surface area contributed by atoms with Crippen LogP contribution in [0.2, 0.25) is 0 Å². The lowest BCUT2D eigenvalue weighted by Crippen LogP contribution is -2.47. The third-order valence-corrected chi connectivity index (χ3v) is 3.82. The van der Waals surface area contributed by atoms with Crippen molar-refractivity contribution < 1.29 is 4.74 Å². The summed E-state index contributed by atoms with van der Waals surface area (Å²) in [5.41, 5.74) is 0. The van der Waals surface area contributed by atoms with Crippen LogP contribution in [0.15, 0.2) is 0 Å². The number of ether oxygens (including phenoxy) is 1. The lowest BCUT2D eigenvalue weighted by molar-refractivity contribution is 0.0195. The SMILES string of the molecule is CCCNC1CCOCC1CN1CCCC1. The predicted molar refractivity (Wildman–Crippen MR) is 66.7 cm³/mol. The van der Waals surface area contributed by atoms with E-state index in [-0.39, 0.29) is 0 Å². The standard InChI is InChI=1S/C13H26N2O/c1-2-6-14-13-5-9-16-11-12(13)10-15-7-3-4-8-15/h12-14H,2-11H2,1H3. The minimum Gasteiger partial charge on any atom is -0.381 e. The molecule has 0 radical (unpaired) electrons. The minimum atomic E-state index is 0.689. The topological polar surface area (TPSA) is 24.5 Å². The van der Waals surface area contributed by atoms with Crippen molar-refractivity contribution in [3.8, 4) is 0 Å². The first-order chi connectivity index (χ1) is 7.90. The van der Waals surface area contributed by atoms with Gasteiger partial charge in [0.2, 0.25) is 0 Å². The Morgan fingerprint density at radius 3 is 2.88 bits per heavy atom. The van der Waals surface area contributed by atoms with Crippen molar-refractivity contribution >= 4 is 0 Å². The number of nitrogens with one attached hydrogen (secondary N) is 1. The molecule has 2 unspecified atom stereocenters. The van der Waals surface area contributed by atoms with Gasteiger partial charge in [0.1, 0.15) is 0 Å². The number of nitrogens with zero attached hydrogens (tertiary/aromatic N) is 1. The third kappa shape index (κ3) is 3.44. The van der Waals surface area contributed by atoms with E-state index in [9.17, 15) is 0 Å². The lowest BCUT2D eigenvalue weighted by atomic mass is 9.95. The molecule has 2 aliphatic rings. The van der Waals surface area contributed by atoms with Crippen molar-refractivity contribution in [2.45, 2.75) is 38.6 Å². The Hall–Kier alpha value is -0.120. The van der Waals surface area contributed by atoms with Crippen LogP contribution < -0.4 is 5.32 Å². The predicted octanol–water partition coefficient (Wildman–Crippen LogP) is 1.49. The first-order valence-corrected chi connectivity index (χ1v) is 6.93. The average Bonchev–Trinajstić information content (AvgIpc) is 2.81. The fourth-order valence-corrected chi connectivity index (χ4v) is 2.87. The van der Waals surface area contributed by atoms with E-state index in [4.69, 9.17) is 4.74 Å². The molecule has 3 heteroatoms. The molecular weight excluding hydrogens is 200 g/mol. The van der Waals surface area contributed by atoms with Crippen LogP contribution in [0.4, 0.5) is 0 Å². The zero-order chi connectivity index (χ0) is 11.2. The van der Waals surface area contributed by atoms with Crippen LogP contribution in [-0.2, 0) is 4.74 Å². The van der Waals surface area contributed by atoms with Gasteiger partial charge in [-0.05, 0) is 45.3 Å². The molecule has 0 aromatic carbocycles. The van der Waals surface area contributed by atoms with Crippen molar-refractivity contribution in [1.82, 2.24) is 10.2 Å². The van der Waals surface area contributed by atoms with Crippen LogP contribution in [0.1, 0.15) is 32.6 Å². The number of hydrogen-bond donors (Lipinski definition) is 1. The van der Waals surface area contributed by atoms with Crippen LogP contribution in [0.3, 0.4) is 0 Å². The van der Waals surface area contributed by atoms with Crippen molar-refractivity contribution in [3.63, 3.8) is 0 Å². The number of rotatable bonds is 5. The Bertz CT molecular complexity index is 192. The van der Waals surface area contributed by atoms with Gasteiger partial charge in [-0.3, -0.25) is 0 Å². The van der Waals surface area contributed by atoms with Crippen LogP contribution in [0.5, 0.6) is 0 Å². The fourth-order valence-electron chi connectivity index (χ4n) is 2.87. The van der Waals surface area contributed by atoms with Gasteiger partial charge in [-0.25, -0.2) is 0 Å². The highest BCUT2D eigenvalue weighted by molar-refractivity contribution is 4.83. The molecule has 94 valence electrons. The zero-order valence-electron chi connectivity index (χ0n) is 10.6. The largest absolute Gasteiger partial charge is 0.381 e. The summed E-state index contributed by atoms with van der Waals surface area (Å²) >= 11 is 0. The molecule has 2 rings (SSSR count). The second-order valence-electron chi connectivity index (χ2n) is 5.19. The second-order valence-corrected chi connectivity index (χ2v) is 5.19. The van der Waals surface area contributed by atoms with E-state index < -0.39 is 0 Å². The third-order valence-electron chi connectivity index (χ3n) is 3.82. The smallest absolute Gasteiger partial charge is 0.0521 e. The van der Waals surface area contributed by atoms with E-state index in [0.29, 0.717) is 12.0 Å². The molecule has 16 heavy (non-hydrogen) atoms. The van der Waals surface area contributed by atoms with E-state index in [1.807, 2.05) is 0 Å². The average molecular weight is 226 g/mol. The summed E-state index contributed by atoms with van der Waals surface area (Å²) in [7, 11) is 0. The van der Waals surface area contributed by atoms with Crippen LogP contribution in [-0.4, -0.2) is 50.3 Å². The van der Waals surface area contributed by atoms with E-state index in [1.165, 1.54) is 45.3 Å². The molecule has 0 bridgehead atoms. The molecule has 2 heterocycles. The molecule has 0 aromatic heterocycles. The fraction of sp³-hybridized carbons (Fsp3) is 1.00. The minimum absolute atomic E-state index is 0.689. The summed E-state index contributed by atoms with van der Waals surface area (Å²) in [6.07, 6.45) is 5.20. The molecular formula is C13H26N2O. The van der Waals surface area contributed by atoms with Gasteiger partial charge in [-0.2, -0.15) is 0 Å². The van der Waals surface area contributed by atoms with Gasteiger partial charge in [0.05, 0.1) is 6.61 Å². The summed E-state index contributed by atoms with van der Waals surface area (Å²) in [6.45, 7) is 9.13. The van der Waals surface area contributed by atoms with E-state index in [0.717, 1.165) is 19.8 Å². The van der Waals surface area contributed by atoms with Gasteiger partial charge in [0.25, 0.3) is 0 Å². The lowest BCUT2D eigenvalue weighted by Gasteiger charge is -2.34. The molecule has 0 saturated carbocycles. The monoisotopic (exact) mass is 226 g/mol. The molecule has 1 N–H and O–H groups in total. The van der Waals surface area contributed by atoms with Gasteiger partial charge < -0.3 is 15.0 Å². The summed E-state index contributed by atoms with van der Waals surface area (Å²) in [4.78, 5) is 2.61. The second kappa shape index (κ2) is 6.58. The number of likely N-dealkylation sites (tertiary alicyclic amines) is 1. The maximum atomic E-state index is 5.64. The van der Waals surface area contributed by atoms with E-state index in [1.54, 1.807) is 0 Å². The Balaban J connectivity index is 1.78. The zero-order valence-corrected chi connectivity index (χ0v) is 10.6. The normalized spacial score (nSPS) is 32.1. The van der Waals surface area contributed by atoms with Crippen molar-refractivity contribution in [2.24, 2.45) is 5.92 Å². The molecule has 0 aliphatic carbocycles. The van der Waals surface area contributed by atoms with Crippen molar-refractivity contribution in [2.75, 3.05) is 39.4 Å². The molecule has 3 nitrogen and oxygen atoms in total. The van der Waals surface area contributed by atoms with E-state index in [2.05, 4.69) is 17.1 Å². The Morgan fingerprint density at radius 1 is 1.31 bits per heavy atom. The summed E-state index contributed by atoms with van der Waals surface area (Å²) in [5.74, 6) is 0.707. The molecule has 2 fully saturated rings. The van der Waals surface area contributed by atoms with Gasteiger partial charge >= 0.3 is 0 Å². The first kappa shape index (κ1) is 12.3. The summed E-state index contributed by atoms with van der Waals surface area (Å²) in [6, 6.07) is 0.689. The molecule has 2 saturated heterocycles. The number of hydrogen-bond acceptors (Lipinski definition) is 3. The Labute approximate surface area is 99.5 Å². The maximum Gasteiger partial charge on any atom is 0.0521 e. The maximum absolute atomic E-state index is 5.64. The van der Waals surface area contributed by atoms with Crippen LogP contribution >= 0.6 is 0 Å². The Morgan fingerprint density at radius 2 is 2.12 bits per heavy atom. The van der Waals surface area contributed by atoms with Crippen molar-refractivity contribution in [3.05, 3.63) is 0 Å². The van der Waals surface area contributed by atoms with Gasteiger partial charge in [0, 0.05) is 25.1 Å². The molecule has 0 spiro atoms. The highest BCUT2D eigenvalue weighted by atomic mass is 16.5. The molecule has 2 aliphatic heterocycles. The van der Waals surface area contributed by atoms with Crippen LogP contribution in [0.25, 0.3) is 0 Å². The van der Waals surface area contributed by atoms with Gasteiger partial charge in [-0.15, -0.1) is 0 Å². The molecule has 2 atom stereocenters. The van der Waals surface area contributed by atoms with Crippen molar-refractivity contribution in [1.29, 1.82) is 0 Å². The summed E-state index contributed by atoms with van der Waals surface area (Å²) in [5, 5.41) is 3.69. The van der Waals surface area contributed by atoms with Gasteiger partial charge in [0.15, 0.2) is 0 Å². The highest BCUT2D eigenvalue weighted by Gasteiger charge is 2.27.